The van der Waals surface area contributed by atoms with Crippen LogP contribution in [0, 0.1) is 0 Å². The summed E-state index contributed by atoms with van der Waals surface area (Å²) in [6.45, 7) is 5.15. The van der Waals surface area contributed by atoms with Crippen LogP contribution in [0.2, 0.25) is 0 Å². The molecule has 0 saturated heterocycles. The molecular formula is C10H22N2O2. The van der Waals surface area contributed by atoms with Crippen molar-refractivity contribution in [1.29, 1.82) is 0 Å². The molecule has 4 nitrogen and oxygen atoms in total. The second-order valence-corrected chi connectivity index (χ2v) is 3.48. The highest BCUT2D eigenvalue weighted by Gasteiger charge is 2.05. The van der Waals surface area contributed by atoms with Crippen molar-refractivity contribution in [2.45, 2.75) is 32.6 Å². The van der Waals surface area contributed by atoms with Crippen molar-refractivity contribution in [1.82, 2.24) is 4.90 Å². The lowest BCUT2D eigenvalue weighted by Gasteiger charge is -2.20. The molecule has 0 aliphatic carbocycles. The van der Waals surface area contributed by atoms with Crippen LogP contribution in [-0.4, -0.2) is 42.2 Å². The Morgan fingerprint density at radius 1 is 1.29 bits per heavy atom. The fourth-order valence-electron chi connectivity index (χ4n) is 1.36. The van der Waals surface area contributed by atoms with Crippen molar-refractivity contribution in [2.24, 2.45) is 5.73 Å². The molecule has 0 bridgehead atoms. The number of carboxylic acid groups (broad SMARTS) is 1. The van der Waals surface area contributed by atoms with Gasteiger partial charge >= 0.3 is 5.97 Å². The molecule has 84 valence electrons. The smallest absolute Gasteiger partial charge is 0.304 e. The van der Waals surface area contributed by atoms with Gasteiger partial charge in [-0.25, -0.2) is 0 Å². The molecule has 0 aliphatic heterocycles. The first-order valence-corrected chi connectivity index (χ1v) is 5.35. The fourth-order valence-corrected chi connectivity index (χ4v) is 1.36. The zero-order valence-electron chi connectivity index (χ0n) is 9.04. The van der Waals surface area contributed by atoms with E-state index in [0.29, 0.717) is 13.1 Å². The summed E-state index contributed by atoms with van der Waals surface area (Å²) >= 11 is 0. The van der Waals surface area contributed by atoms with E-state index in [1.165, 1.54) is 12.8 Å². The normalized spacial score (nSPS) is 10.8. The summed E-state index contributed by atoms with van der Waals surface area (Å²) in [6, 6.07) is 0. The molecule has 0 aromatic carbocycles. The van der Waals surface area contributed by atoms with Crippen LogP contribution in [-0.2, 0) is 4.79 Å². The van der Waals surface area contributed by atoms with Gasteiger partial charge in [0.15, 0.2) is 0 Å². The Morgan fingerprint density at radius 2 is 2.00 bits per heavy atom. The summed E-state index contributed by atoms with van der Waals surface area (Å²) in [6.07, 6.45) is 3.74. The number of hydrogen-bond acceptors (Lipinski definition) is 3. The van der Waals surface area contributed by atoms with Crippen LogP contribution < -0.4 is 5.73 Å². The monoisotopic (exact) mass is 202 g/mol. The fraction of sp³-hybridized carbons (Fsp3) is 0.900. The molecule has 0 aromatic rings. The zero-order valence-corrected chi connectivity index (χ0v) is 9.04. The molecule has 3 N–H and O–H groups in total. The van der Waals surface area contributed by atoms with Gasteiger partial charge < -0.3 is 15.7 Å². The number of unbranched alkanes of at least 4 members (excludes halogenated alkanes) is 2. The first-order chi connectivity index (χ1) is 6.70. The second kappa shape index (κ2) is 8.97. The van der Waals surface area contributed by atoms with Gasteiger partial charge in [-0.1, -0.05) is 19.8 Å². The van der Waals surface area contributed by atoms with Crippen LogP contribution in [0.25, 0.3) is 0 Å². The number of hydrogen-bond donors (Lipinski definition) is 2. The van der Waals surface area contributed by atoms with E-state index in [0.717, 1.165) is 19.5 Å². The van der Waals surface area contributed by atoms with Crippen LogP contribution in [0.1, 0.15) is 32.6 Å². The topological polar surface area (TPSA) is 66.6 Å². The Balaban J connectivity index is 3.59. The largest absolute Gasteiger partial charge is 0.481 e. The van der Waals surface area contributed by atoms with Crippen LogP contribution in [0.5, 0.6) is 0 Å². The zero-order chi connectivity index (χ0) is 10.8. The minimum Gasteiger partial charge on any atom is -0.481 e. The molecule has 0 heterocycles. The van der Waals surface area contributed by atoms with E-state index >= 15 is 0 Å². The highest BCUT2D eigenvalue weighted by molar-refractivity contribution is 5.66. The Labute approximate surface area is 86.1 Å². The minimum absolute atomic E-state index is 0.214. The molecule has 0 fully saturated rings. The van der Waals surface area contributed by atoms with Gasteiger partial charge in [0, 0.05) is 19.6 Å². The molecule has 0 saturated carbocycles. The SMILES string of the molecule is CCCCCN(CCN)CCC(=O)O. The number of aliphatic carboxylic acids is 1. The van der Waals surface area contributed by atoms with Crippen LogP contribution in [0.4, 0.5) is 0 Å². The minimum atomic E-state index is -0.734. The Kier molecular flexibility index (Phi) is 8.57. The predicted octanol–water partition coefficient (Wildman–Crippen LogP) is 0.912. The van der Waals surface area contributed by atoms with E-state index in [9.17, 15) is 4.79 Å². The lowest BCUT2D eigenvalue weighted by molar-refractivity contribution is -0.137. The van der Waals surface area contributed by atoms with Crippen LogP contribution in [0.3, 0.4) is 0 Å². The molecule has 4 heteroatoms. The molecule has 0 amide bonds. The van der Waals surface area contributed by atoms with E-state index in [2.05, 4.69) is 11.8 Å². The Morgan fingerprint density at radius 3 is 2.50 bits per heavy atom. The van der Waals surface area contributed by atoms with Gasteiger partial charge in [-0.3, -0.25) is 4.79 Å². The summed E-state index contributed by atoms with van der Waals surface area (Å²) in [4.78, 5) is 12.5. The molecular weight excluding hydrogens is 180 g/mol. The predicted molar refractivity (Wildman–Crippen MR) is 57.3 cm³/mol. The van der Waals surface area contributed by atoms with Gasteiger partial charge in [0.25, 0.3) is 0 Å². The van der Waals surface area contributed by atoms with Crippen molar-refractivity contribution < 1.29 is 9.90 Å². The molecule has 0 spiro atoms. The number of nitrogens with two attached hydrogens (primary N) is 1. The first kappa shape index (κ1) is 13.4. The van der Waals surface area contributed by atoms with Crippen molar-refractivity contribution in [3.05, 3.63) is 0 Å². The maximum Gasteiger partial charge on any atom is 0.304 e. The van der Waals surface area contributed by atoms with Crippen molar-refractivity contribution in [3.8, 4) is 0 Å². The standard InChI is InChI=1S/C10H22N2O2/c1-2-3-4-7-12(9-6-11)8-5-10(13)14/h2-9,11H2,1H3,(H,13,14). The molecule has 14 heavy (non-hydrogen) atoms. The summed E-state index contributed by atoms with van der Waals surface area (Å²) in [5.74, 6) is -0.734. The van der Waals surface area contributed by atoms with Gasteiger partial charge in [0.05, 0.1) is 6.42 Å². The van der Waals surface area contributed by atoms with Gasteiger partial charge in [0.1, 0.15) is 0 Å². The van der Waals surface area contributed by atoms with Crippen LogP contribution >= 0.6 is 0 Å². The van der Waals surface area contributed by atoms with Crippen LogP contribution in [0.15, 0.2) is 0 Å². The number of carboxylic acids is 1. The number of rotatable bonds is 9. The van der Waals surface area contributed by atoms with E-state index < -0.39 is 5.97 Å². The van der Waals surface area contributed by atoms with Crippen molar-refractivity contribution in [2.75, 3.05) is 26.2 Å². The average Bonchev–Trinajstić information content (AvgIpc) is 2.14. The van der Waals surface area contributed by atoms with Gasteiger partial charge in [-0.05, 0) is 13.0 Å². The lowest BCUT2D eigenvalue weighted by atomic mass is 10.2. The summed E-state index contributed by atoms with van der Waals surface area (Å²) in [5.41, 5.74) is 5.45. The molecule has 0 aliphatic rings. The summed E-state index contributed by atoms with van der Waals surface area (Å²) < 4.78 is 0. The summed E-state index contributed by atoms with van der Waals surface area (Å²) in [7, 11) is 0. The maximum atomic E-state index is 10.4. The van der Waals surface area contributed by atoms with Crippen molar-refractivity contribution >= 4 is 5.97 Å². The molecule has 0 aromatic heterocycles. The van der Waals surface area contributed by atoms with Gasteiger partial charge in [-0.2, -0.15) is 0 Å². The third-order valence-corrected chi connectivity index (χ3v) is 2.17. The maximum absolute atomic E-state index is 10.4. The van der Waals surface area contributed by atoms with E-state index in [1.807, 2.05) is 0 Å². The average molecular weight is 202 g/mol. The molecule has 0 radical (unpaired) electrons. The third kappa shape index (κ3) is 8.01. The third-order valence-electron chi connectivity index (χ3n) is 2.17. The first-order valence-electron chi connectivity index (χ1n) is 5.35. The molecule has 0 rings (SSSR count). The molecule has 0 unspecified atom stereocenters. The number of carbonyl (C=O) groups is 1. The van der Waals surface area contributed by atoms with Gasteiger partial charge in [0.2, 0.25) is 0 Å². The Hall–Kier alpha value is -0.610. The lowest BCUT2D eigenvalue weighted by Crippen LogP contribution is -2.32. The quantitative estimate of drug-likeness (QED) is 0.545. The highest BCUT2D eigenvalue weighted by Crippen LogP contribution is 1.99. The summed E-state index contributed by atoms with van der Waals surface area (Å²) in [5, 5.41) is 8.54. The second-order valence-electron chi connectivity index (χ2n) is 3.48. The van der Waals surface area contributed by atoms with Crippen molar-refractivity contribution in [3.63, 3.8) is 0 Å². The number of nitrogens with zero attached hydrogens (tertiary/aromatic N) is 1. The molecule has 0 atom stereocenters. The van der Waals surface area contributed by atoms with E-state index in [-0.39, 0.29) is 6.42 Å². The van der Waals surface area contributed by atoms with Gasteiger partial charge in [-0.15, -0.1) is 0 Å². The van der Waals surface area contributed by atoms with E-state index in [1.54, 1.807) is 0 Å². The van der Waals surface area contributed by atoms with E-state index in [4.69, 9.17) is 10.8 Å². The Bertz CT molecular complexity index is 151. The highest BCUT2D eigenvalue weighted by atomic mass is 16.4.